The number of methoxy groups -OCH3 is 1. The van der Waals surface area contributed by atoms with E-state index in [2.05, 4.69) is 17.6 Å². The second kappa shape index (κ2) is 2.37. The van der Waals surface area contributed by atoms with E-state index in [1.807, 2.05) is 0 Å². The van der Waals surface area contributed by atoms with Gasteiger partial charge in [-0.1, -0.05) is 11.3 Å². The molecule has 0 radical (unpaired) electrons. The number of thiol groups is 1. The zero-order valence-electron chi connectivity index (χ0n) is 4.29. The van der Waals surface area contributed by atoms with Gasteiger partial charge in [0.1, 0.15) is 0 Å². The van der Waals surface area contributed by atoms with Gasteiger partial charge in [0.2, 0.25) is 0 Å². The quantitative estimate of drug-likeness (QED) is 0.607. The van der Waals surface area contributed by atoms with E-state index in [-0.39, 0.29) is 0 Å². The summed E-state index contributed by atoms with van der Waals surface area (Å²) < 4.78 is 5.67. The Labute approximate surface area is 56.9 Å². The van der Waals surface area contributed by atoms with Crippen molar-refractivity contribution in [3.05, 3.63) is 6.20 Å². The summed E-state index contributed by atoms with van der Waals surface area (Å²) >= 11 is 5.45. The molecule has 1 aromatic rings. The van der Waals surface area contributed by atoms with Crippen molar-refractivity contribution in [3.63, 3.8) is 0 Å². The van der Waals surface area contributed by atoms with E-state index < -0.39 is 0 Å². The zero-order chi connectivity index (χ0) is 5.98. The maximum absolute atomic E-state index is 4.79. The molecule has 1 heterocycles. The maximum atomic E-state index is 4.79. The molecule has 1 rings (SSSR count). The van der Waals surface area contributed by atoms with Crippen molar-refractivity contribution in [1.82, 2.24) is 4.98 Å². The lowest BCUT2D eigenvalue weighted by atomic mass is 11.0. The van der Waals surface area contributed by atoms with Gasteiger partial charge in [-0.3, -0.25) is 0 Å². The van der Waals surface area contributed by atoms with E-state index in [1.165, 1.54) is 11.3 Å². The Morgan fingerprint density at radius 2 is 2.62 bits per heavy atom. The van der Waals surface area contributed by atoms with Crippen LogP contribution in [0.5, 0.6) is 5.19 Å². The molecule has 2 nitrogen and oxygen atoms in total. The second-order valence-corrected chi connectivity index (χ2v) is 2.95. The fourth-order valence-corrected chi connectivity index (χ4v) is 1.11. The molecule has 4 heteroatoms. The summed E-state index contributed by atoms with van der Waals surface area (Å²) in [5.74, 6) is 0. The number of nitrogens with zero attached hydrogens (tertiary/aromatic N) is 1. The fourth-order valence-electron chi connectivity index (χ4n) is 0.344. The van der Waals surface area contributed by atoms with Gasteiger partial charge in [0, 0.05) is 0 Å². The van der Waals surface area contributed by atoms with Crippen LogP contribution in [0.15, 0.2) is 10.4 Å². The summed E-state index contributed by atoms with van der Waals surface area (Å²) in [4.78, 5) is 3.85. The monoisotopic (exact) mass is 147 g/mol. The lowest BCUT2D eigenvalue weighted by molar-refractivity contribution is 0.412. The summed E-state index contributed by atoms with van der Waals surface area (Å²) in [6.07, 6.45) is 1.66. The Morgan fingerprint density at radius 3 is 2.88 bits per heavy atom. The van der Waals surface area contributed by atoms with Gasteiger partial charge in [0.25, 0.3) is 5.19 Å². The first kappa shape index (κ1) is 5.91. The number of hydrogen-bond acceptors (Lipinski definition) is 4. The summed E-state index contributed by atoms with van der Waals surface area (Å²) in [6, 6.07) is 0. The molecule has 0 saturated carbocycles. The molecule has 0 aliphatic carbocycles. The minimum atomic E-state index is 0.662. The van der Waals surface area contributed by atoms with Gasteiger partial charge in [0.05, 0.1) is 17.5 Å². The highest BCUT2D eigenvalue weighted by Crippen LogP contribution is 2.21. The fraction of sp³-hybridized carbons (Fsp3) is 0.250. The van der Waals surface area contributed by atoms with Crippen LogP contribution < -0.4 is 4.74 Å². The van der Waals surface area contributed by atoms with Crippen molar-refractivity contribution in [1.29, 1.82) is 0 Å². The average Bonchev–Trinajstić information content (AvgIpc) is 2.14. The smallest absolute Gasteiger partial charge is 0.273 e. The Kier molecular flexibility index (Phi) is 1.75. The Hall–Kier alpha value is -0.220. The average molecular weight is 147 g/mol. The SMILES string of the molecule is COc1ncc(S)s1. The Morgan fingerprint density at radius 1 is 1.88 bits per heavy atom. The highest BCUT2D eigenvalue weighted by molar-refractivity contribution is 7.82. The largest absolute Gasteiger partial charge is 0.473 e. The minimum absolute atomic E-state index is 0.662. The molecule has 0 N–H and O–H groups in total. The number of hydrogen-bond donors (Lipinski definition) is 1. The van der Waals surface area contributed by atoms with E-state index in [1.54, 1.807) is 13.3 Å². The first-order valence-corrected chi connectivity index (χ1v) is 3.28. The Balaban J connectivity index is 2.84. The summed E-state index contributed by atoms with van der Waals surface area (Å²) in [7, 11) is 1.59. The molecule has 0 atom stereocenters. The maximum Gasteiger partial charge on any atom is 0.273 e. The standard InChI is InChI=1S/C4H5NOS2/c1-6-4-5-2-3(7)8-4/h2,7H,1H3. The first-order chi connectivity index (χ1) is 3.83. The summed E-state index contributed by atoms with van der Waals surface area (Å²) in [5, 5.41) is 0.662. The van der Waals surface area contributed by atoms with Gasteiger partial charge >= 0.3 is 0 Å². The normalized spacial score (nSPS) is 9.25. The van der Waals surface area contributed by atoms with E-state index in [4.69, 9.17) is 4.74 Å². The third kappa shape index (κ3) is 1.14. The molecular weight excluding hydrogens is 142 g/mol. The van der Waals surface area contributed by atoms with Crippen molar-refractivity contribution >= 4 is 24.0 Å². The third-order valence-corrected chi connectivity index (χ3v) is 1.80. The topological polar surface area (TPSA) is 22.1 Å². The van der Waals surface area contributed by atoms with Crippen LogP contribution in [0.2, 0.25) is 0 Å². The predicted molar refractivity (Wildman–Crippen MR) is 35.9 cm³/mol. The Bertz CT molecular complexity index is 174. The molecule has 0 amide bonds. The van der Waals surface area contributed by atoms with Crippen LogP contribution in [0.1, 0.15) is 0 Å². The molecule has 0 spiro atoms. The van der Waals surface area contributed by atoms with Crippen LogP contribution in [0.3, 0.4) is 0 Å². The zero-order valence-corrected chi connectivity index (χ0v) is 6.00. The summed E-state index contributed by atoms with van der Waals surface area (Å²) in [5.41, 5.74) is 0. The van der Waals surface area contributed by atoms with Crippen molar-refractivity contribution in [2.24, 2.45) is 0 Å². The van der Waals surface area contributed by atoms with E-state index in [0.717, 1.165) is 4.21 Å². The van der Waals surface area contributed by atoms with Crippen LogP contribution >= 0.6 is 24.0 Å². The number of ether oxygens (including phenoxy) is 1. The molecule has 0 aliphatic heterocycles. The van der Waals surface area contributed by atoms with E-state index in [9.17, 15) is 0 Å². The van der Waals surface area contributed by atoms with E-state index in [0.29, 0.717) is 5.19 Å². The van der Waals surface area contributed by atoms with Crippen molar-refractivity contribution < 1.29 is 4.74 Å². The molecule has 0 bridgehead atoms. The highest BCUT2D eigenvalue weighted by Gasteiger charge is 1.93. The van der Waals surface area contributed by atoms with Gasteiger partial charge in [-0.05, 0) is 0 Å². The number of aromatic nitrogens is 1. The minimum Gasteiger partial charge on any atom is -0.473 e. The molecule has 1 aromatic heterocycles. The van der Waals surface area contributed by atoms with Crippen LogP contribution in [-0.2, 0) is 0 Å². The van der Waals surface area contributed by atoms with Gasteiger partial charge in [-0.15, -0.1) is 12.6 Å². The predicted octanol–water partition coefficient (Wildman–Crippen LogP) is 1.44. The van der Waals surface area contributed by atoms with Crippen molar-refractivity contribution in [2.75, 3.05) is 7.11 Å². The second-order valence-electron chi connectivity index (χ2n) is 1.17. The molecule has 0 aliphatic rings. The van der Waals surface area contributed by atoms with Crippen LogP contribution in [0.4, 0.5) is 0 Å². The lowest BCUT2D eigenvalue weighted by Crippen LogP contribution is -1.76. The van der Waals surface area contributed by atoms with Gasteiger partial charge in [0.15, 0.2) is 0 Å². The molecule has 0 unspecified atom stereocenters. The first-order valence-electron chi connectivity index (χ1n) is 2.01. The molecule has 8 heavy (non-hydrogen) atoms. The van der Waals surface area contributed by atoms with E-state index >= 15 is 0 Å². The molecule has 0 fully saturated rings. The molecule has 0 aromatic carbocycles. The highest BCUT2D eigenvalue weighted by atomic mass is 32.2. The van der Waals surface area contributed by atoms with Crippen LogP contribution in [-0.4, -0.2) is 12.1 Å². The van der Waals surface area contributed by atoms with Gasteiger partial charge in [-0.25, -0.2) is 4.98 Å². The molecule has 0 saturated heterocycles. The van der Waals surface area contributed by atoms with Gasteiger partial charge in [-0.2, -0.15) is 0 Å². The van der Waals surface area contributed by atoms with Crippen LogP contribution in [0, 0.1) is 0 Å². The number of thiazole rings is 1. The van der Waals surface area contributed by atoms with Crippen LogP contribution in [0.25, 0.3) is 0 Å². The van der Waals surface area contributed by atoms with Gasteiger partial charge < -0.3 is 4.74 Å². The molecule has 44 valence electrons. The van der Waals surface area contributed by atoms with Crippen molar-refractivity contribution in [3.8, 4) is 5.19 Å². The summed E-state index contributed by atoms with van der Waals surface area (Å²) in [6.45, 7) is 0. The molecular formula is C4H5NOS2. The third-order valence-electron chi connectivity index (χ3n) is 0.647. The van der Waals surface area contributed by atoms with Crippen molar-refractivity contribution in [2.45, 2.75) is 4.21 Å². The lowest BCUT2D eigenvalue weighted by Gasteiger charge is -1.84. The number of rotatable bonds is 1.